The highest BCUT2D eigenvalue weighted by Crippen LogP contribution is 2.16. The van der Waals surface area contributed by atoms with Crippen molar-refractivity contribution in [2.75, 3.05) is 40.1 Å². The first kappa shape index (κ1) is 13.9. The molecule has 0 saturated carbocycles. The molecule has 0 amide bonds. The molecule has 2 unspecified atom stereocenters. The van der Waals surface area contributed by atoms with Gasteiger partial charge in [-0.3, -0.25) is 0 Å². The summed E-state index contributed by atoms with van der Waals surface area (Å²) in [5.74, 6) is 0.594. The Morgan fingerprint density at radius 1 is 1.38 bits per heavy atom. The fraction of sp³-hybridized carbons (Fsp3) is 1.00. The summed E-state index contributed by atoms with van der Waals surface area (Å²) in [6.45, 7) is 7.90. The van der Waals surface area contributed by atoms with Crippen LogP contribution in [0.1, 0.15) is 20.3 Å². The van der Waals surface area contributed by atoms with Crippen LogP contribution in [0.5, 0.6) is 0 Å². The summed E-state index contributed by atoms with van der Waals surface area (Å²) in [6.07, 6.45) is 1.42. The van der Waals surface area contributed by atoms with E-state index in [-0.39, 0.29) is 6.10 Å². The first-order valence-electron chi connectivity index (χ1n) is 6.18. The lowest BCUT2D eigenvalue weighted by Gasteiger charge is -2.21. The van der Waals surface area contributed by atoms with Gasteiger partial charge in [-0.15, -0.1) is 0 Å². The molecule has 1 aliphatic rings. The maximum absolute atomic E-state index is 5.61. The van der Waals surface area contributed by atoms with Crippen LogP contribution in [0.25, 0.3) is 0 Å². The Bertz CT molecular complexity index is 170. The first-order valence-corrected chi connectivity index (χ1v) is 6.18. The summed E-state index contributed by atoms with van der Waals surface area (Å²) < 4.78 is 16.4. The van der Waals surface area contributed by atoms with Crippen molar-refractivity contribution in [1.29, 1.82) is 0 Å². The second kappa shape index (κ2) is 8.01. The number of hydrogen-bond acceptors (Lipinski definition) is 4. The number of rotatable bonds is 8. The first-order chi connectivity index (χ1) is 7.74. The summed E-state index contributed by atoms with van der Waals surface area (Å²) in [6, 6.07) is 0.404. The van der Waals surface area contributed by atoms with E-state index in [1.165, 1.54) is 0 Å². The second-order valence-corrected chi connectivity index (χ2v) is 4.51. The van der Waals surface area contributed by atoms with Gasteiger partial charge in [-0.2, -0.15) is 0 Å². The topological polar surface area (TPSA) is 39.7 Å². The molecule has 16 heavy (non-hydrogen) atoms. The van der Waals surface area contributed by atoms with E-state index in [0.717, 1.165) is 26.2 Å². The summed E-state index contributed by atoms with van der Waals surface area (Å²) >= 11 is 0. The number of nitrogens with one attached hydrogen (secondary N) is 1. The van der Waals surface area contributed by atoms with E-state index in [0.29, 0.717) is 25.2 Å². The maximum atomic E-state index is 5.61. The lowest BCUT2D eigenvalue weighted by atomic mass is 10.0. The minimum atomic E-state index is 0.284. The molecule has 1 fully saturated rings. The Hall–Kier alpha value is -0.160. The van der Waals surface area contributed by atoms with Crippen molar-refractivity contribution < 1.29 is 14.2 Å². The highest BCUT2D eigenvalue weighted by molar-refractivity contribution is 4.77. The largest absolute Gasteiger partial charge is 0.381 e. The highest BCUT2D eigenvalue weighted by Gasteiger charge is 2.24. The van der Waals surface area contributed by atoms with Crippen LogP contribution in [0.2, 0.25) is 0 Å². The molecule has 2 atom stereocenters. The standard InChI is InChI=1S/C12H25NO3/c1-10(2)16-7-6-15-9-12(13-3)11-4-5-14-8-11/h10-13H,4-9H2,1-3H3. The smallest absolute Gasteiger partial charge is 0.0703 e. The third-order valence-electron chi connectivity index (χ3n) is 2.88. The Labute approximate surface area is 98.6 Å². The molecule has 1 N–H and O–H groups in total. The van der Waals surface area contributed by atoms with Gasteiger partial charge in [0.05, 0.1) is 32.5 Å². The van der Waals surface area contributed by atoms with Gasteiger partial charge in [-0.1, -0.05) is 0 Å². The summed E-state index contributed by atoms with van der Waals surface area (Å²) in [4.78, 5) is 0. The fourth-order valence-electron chi connectivity index (χ4n) is 1.88. The van der Waals surface area contributed by atoms with Gasteiger partial charge < -0.3 is 19.5 Å². The predicted molar refractivity (Wildman–Crippen MR) is 63.7 cm³/mol. The van der Waals surface area contributed by atoms with Crippen molar-refractivity contribution >= 4 is 0 Å². The molecule has 0 radical (unpaired) electrons. The van der Waals surface area contributed by atoms with Gasteiger partial charge >= 0.3 is 0 Å². The van der Waals surface area contributed by atoms with Crippen LogP contribution in [0.15, 0.2) is 0 Å². The lowest BCUT2D eigenvalue weighted by Crippen LogP contribution is -2.38. The average Bonchev–Trinajstić information content (AvgIpc) is 2.76. The van der Waals surface area contributed by atoms with Crippen molar-refractivity contribution in [3.05, 3.63) is 0 Å². The third kappa shape index (κ3) is 5.25. The van der Waals surface area contributed by atoms with E-state index < -0.39 is 0 Å². The number of hydrogen-bond donors (Lipinski definition) is 1. The molecule has 0 aromatic rings. The Morgan fingerprint density at radius 3 is 2.75 bits per heavy atom. The molecule has 4 heteroatoms. The van der Waals surface area contributed by atoms with E-state index in [1.54, 1.807) is 0 Å². The van der Waals surface area contributed by atoms with Crippen LogP contribution in [-0.2, 0) is 14.2 Å². The zero-order valence-corrected chi connectivity index (χ0v) is 10.7. The lowest BCUT2D eigenvalue weighted by molar-refractivity contribution is 0.00943. The molecule has 1 heterocycles. The van der Waals surface area contributed by atoms with Gasteiger partial charge in [0.2, 0.25) is 0 Å². The highest BCUT2D eigenvalue weighted by atomic mass is 16.5. The summed E-state index contributed by atoms with van der Waals surface area (Å²) in [5, 5.41) is 3.30. The SMILES string of the molecule is CNC(COCCOC(C)C)C1CCOC1. The van der Waals surface area contributed by atoms with Gasteiger partial charge in [0.25, 0.3) is 0 Å². The molecule has 1 rings (SSSR count). The van der Waals surface area contributed by atoms with E-state index in [9.17, 15) is 0 Å². The van der Waals surface area contributed by atoms with Crippen molar-refractivity contribution in [2.45, 2.75) is 32.4 Å². The molecule has 1 aliphatic heterocycles. The molecular weight excluding hydrogens is 206 g/mol. The zero-order valence-electron chi connectivity index (χ0n) is 10.7. The second-order valence-electron chi connectivity index (χ2n) is 4.51. The van der Waals surface area contributed by atoms with Gasteiger partial charge in [0, 0.05) is 18.6 Å². The molecule has 0 aromatic heterocycles. The predicted octanol–water partition coefficient (Wildman–Crippen LogP) is 1.05. The fourth-order valence-corrected chi connectivity index (χ4v) is 1.88. The van der Waals surface area contributed by atoms with Gasteiger partial charge in [0.15, 0.2) is 0 Å². The van der Waals surface area contributed by atoms with E-state index in [4.69, 9.17) is 14.2 Å². The van der Waals surface area contributed by atoms with Crippen LogP contribution < -0.4 is 5.32 Å². The van der Waals surface area contributed by atoms with Crippen LogP contribution in [0.4, 0.5) is 0 Å². The molecule has 0 bridgehead atoms. The van der Waals surface area contributed by atoms with Gasteiger partial charge in [-0.25, -0.2) is 0 Å². The third-order valence-corrected chi connectivity index (χ3v) is 2.88. The molecular formula is C12H25NO3. The van der Waals surface area contributed by atoms with Crippen LogP contribution >= 0.6 is 0 Å². The Balaban J connectivity index is 2.04. The molecule has 0 aliphatic carbocycles. The normalized spacial score (nSPS) is 22.9. The maximum Gasteiger partial charge on any atom is 0.0703 e. The average molecular weight is 231 g/mol. The van der Waals surface area contributed by atoms with Crippen LogP contribution in [0.3, 0.4) is 0 Å². The molecule has 0 aromatic carbocycles. The van der Waals surface area contributed by atoms with Crippen molar-refractivity contribution in [1.82, 2.24) is 5.32 Å². The summed E-state index contributed by atoms with van der Waals surface area (Å²) in [5.41, 5.74) is 0. The van der Waals surface area contributed by atoms with Crippen molar-refractivity contribution in [2.24, 2.45) is 5.92 Å². The van der Waals surface area contributed by atoms with E-state index in [1.807, 2.05) is 20.9 Å². The van der Waals surface area contributed by atoms with Gasteiger partial charge in [0.1, 0.15) is 0 Å². The minimum absolute atomic E-state index is 0.284. The Morgan fingerprint density at radius 2 is 2.19 bits per heavy atom. The molecule has 0 spiro atoms. The monoisotopic (exact) mass is 231 g/mol. The van der Waals surface area contributed by atoms with Crippen molar-refractivity contribution in [3.8, 4) is 0 Å². The quantitative estimate of drug-likeness (QED) is 0.634. The summed E-state index contributed by atoms with van der Waals surface area (Å²) in [7, 11) is 1.98. The van der Waals surface area contributed by atoms with Crippen molar-refractivity contribution in [3.63, 3.8) is 0 Å². The number of likely N-dealkylation sites (N-methyl/N-ethyl adjacent to an activating group) is 1. The van der Waals surface area contributed by atoms with Crippen LogP contribution in [-0.4, -0.2) is 52.2 Å². The molecule has 4 nitrogen and oxygen atoms in total. The number of ether oxygens (including phenoxy) is 3. The zero-order chi connectivity index (χ0) is 11.8. The minimum Gasteiger partial charge on any atom is -0.381 e. The Kier molecular flexibility index (Phi) is 6.96. The molecule has 96 valence electrons. The van der Waals surface area contributed by atoms with Gasteiger partial charge in [-0.05, 0) is 27.3 Å². The molecule has 1 saturated heterocycles. The van der Waals surface area contributed by atoms with E-state index in [2.05, 4.69) is 5.32 Å². The van der Waals surface area contributed by atoms with Crippen LogP contribution in [0, 0.1) is 5.92 Å². The van der Waals surface area contributed by atoms with E-state index >= 15 is 0 Å².